The topological polar surface area (TPSA) is 103 Å². The monoisotopic (exact) mass is 480 g/mol. The van der Waals surface area contributed by atoms with Gasteiger partial charge in [0.2, 0.25) is 15.9 Å². The number of hydrogen-bond donors (Lipinski definition) is 1. The molecule has 5 rings (SSSR count). The van der Waals surface area contributed by atoms with E-state index in [1.807, 2.05) is 24.3 Å². The van der Waals surface area contributed by atoms with E-state index in [9.17, 15) is 18.5 Å². The number of nitrogens with zero attached hydrogens (tertiary/aromatic N) is 3. The summed E-state index contributed by atoms with van der Waals surface area (Å²) in [5, 5.41) is 14.5. The van der Waals surface area contributed by atoms with Crippen molar-refractivity contribution in [3.8, 4) is 6.07 Å². The number of carbonyl (C=O) groups is 1. The van der Waals surface area contributed by atoms with Crippen molar-refractivity contribution in [3.05, 3.63) is 71.0 Å². The third-order valence-corrected chi connectivity index (χ3v) is 8.62. The van der Waals surface area contributed by atoms with Crippen molar-refractivity contribution in [2.75, 3.05) is 17.6 Å². The van der Waals surface area contributed by atoms with Crippen molar-refractivity contribution in [3.63, 3.8) is 0 Å². The van der Waals surface area contributed by atoms with Crippen LogP contribution in [-0.4, -0.2) is 35.9 Å². The Morgan fingerprint density at radius 2 is 2.03 bits per heavy atom. The van der Waals surface area contributed by atoms with Crippen LogP contribution in [0.5, 0.6) is 0 Å². The van der Waals surface area contributed by atoms with Gasteiger partial charge >= 0.3 is 0 Å². The zero-order valence-corrected chi connectivity index (χ0v) is 19.2. The number of nitriles is 1. The number of carbonyl (C=O) groups excluding carboxylic acids is 1. The minimum Gasteiger partial charge on any atom is -0.324 e. The summed E-state index contributed by atoms with van der Waals surface area (Å²) in [6.07, 6.45) is 4.47. The number of fused-ring (bicyclic) bond motifs is 2. The minimum absolute atomic E-state index is 0.0127. The zero-order valence-electron chi connectivity index (χ0n) is 17.7. The first kappa shape index (κ1) is 21.8. The first-order valence-electron chi connectivity index (χ1n) is 10.6. The first-order chi connectivity index (χ1) is 15.8. The molecule has 7 nitrogen and oxygen atoms in total. The molecule has 1 saturated carbocycles. The second-order valence-electron chi connectivity index (χ2n) is 8.73. The van der Waals surface area contributed by atoms with Crippen LogP contribution in [-0.2, 0) is 21.4 Å². The van der Waals surface area contributed by atoms with Gasteiger partial charge in [0.15, 0.2) is 0 Å². The van der Waals surface area contributed by atoms with Crippen LogP contribution in [0.1, 0.15) is 29.9 Å². The SMILES string of the molecule is N#CC1(CS(=O)(=O)N2Cc3ccc(Cl)cc3[C@H](C(=O)Nc3cncc4ccccc34)C2)CC1. The average Bonchev–Trinajstić information content (AvgIpc) is 3.57. The quantitative estimate of drug-likeness (QED) is 0.593. The number of aromatic nitrogens is 1. The molecule has 2 aromatic carbocycles. The van der Waals surface area contributed by atoms with E-state index in [-0.39, 0.29) is 24.7 Å². The highest BCUT2D eigenvalue weighted by atomic mass is 35.5. The lowest BCUT2D eigenvalue weighted by molar-refractivity contribution is -0.118. The largest absolute Gasteiger partial charge is 0.324 e. The standard InChI is InChI=1S/C24H21ClN4O3S/c25-18-6-5-17-12-29(33(31,32)15-24(14-26)7-8-24)13-21(20(17)9-18)23(30)28-22-11-27-10-16-3-1-2-4-19(16)22/h1-6,9-11,21H,7-8,12-13,15H2,(H,28,30)/t21-/m1/s1. The molecule has 9 heteroatoms. The summed E-state index contributed by atoms with van der Waals surface area (Å²) in [6.45, 7) is 0.136. The summed E-state index contributed by atoms with van der Waals surface area (Å²) < 4.78 is 27.7. The second-order valence-corrected chi connectivity index (χ2v) is 11.1. The van der Waals surface area contributed by atoms with Gasteiger partial charge in [0.05, 0.1) is 35.0 Å². The summed E-state index contributed by atoms with van der Waals surface area (Å²) in [5.74, 6) is -1.31. The Morgan fingerprint density at radius 1 is 1.24 bits per heavy atom. The molecule has 0 bridgehead atoms. The Bertz CT molecular complexity index is 1410. The van der Waals surface area contributed by atoms with E-state index in [0.717, 1.165) is 16.3 Å². The Morgan fingerprint density at radius 3 is 2.79 bits per heavy atom. The number of anilines is 1. The number of sulfonamides is 1. The number of halogens is 1. The Balaban J connectivity index is 1.48. The summed E-state index contributed by atoms with van der Waals surface area (Å²) in [7, 11) is -3.73. The van der Waals surface area contributed by atoms with Crippen molar-refractivity contribution in [2.45, 2.75) is 25.3 Å². The number of hydrogen-bond acceptors (Lipinski definition) is 5. The molecule has 2 heterocycles. The molecule has 1 fully saturated rings. The number of rotatable bonds is 5. The second kappa shape index (κ2) is 8.10. The smallest absolute Gasteiger partial charge is 0.233 e. The fraction of sp³-hybridized carbons (Fsp3) is 0.292. The van der Waals surface area contributed by atoms with Crippen LogP contribution < -0.4 is 5.32 Å². The molecule has 1 aliphatic carbocycles. The molecule has 0 spiro atoms. The van der Waals surface area contributed by atoms with Gasteiger partial charge in [-0.2, -0.15) is 9.57 Å². The van der Waals surface area contributed by atoms with E-state index in [4.69, 9.17) is 11.6 Å². The number of benzene rings is 2. The van der Waals surface area contributed by atoms with E-state index in [1.165, 1.54) is 4.31 Å². The Labute approximate surface area is 197 Å². The molecule has 33 heavy (non-hydrogen) atoms. The fourth-order valence-electron chi connectivity index (χ4n) is 4.34. The summed E-state index contributed by atoms with van der Waals surface area (Å²) in [5.41, 5.74) is 1.20. The highest BCUT2D eigenvalue weighted by Gasteiger charge is 2.49. The maximum Gasteiger partial charge on any atom is 0.233 e. The van der Waals surface area contributed by atoms with Gasteiger partial charge in [-0.1, -0.05) is 41.9 Å². The van der Waals surface area contributed by atoms with Crippen LogP contribution in [0, 0.1) is 16.7 Å². The van der Waals surface area contributed by atoms with Crippen molar-refractivity contribution < 1.29 is 13.2 Å². The van der Waals surface area contributed by atoms with Gasteiger partial charge < -0.3 is 5.32 Å². The molecule has 1 aliphatic heterocycles. The molecule has 1 atom stereocenters. The van der Waals surface area contributed by atoms with E-state index < -0.39 is 21.4 Å². The van der Waals surface area contributed by atoms with E-state index in [1.54, 1.807) is 30.6 Å². The van der Waals surface area contributed by atoms with Gasteiger partial charge in [-0.3, -0.25) is 9.78 Å². The maximum atomic E-state index is 13.5. The fourth-order valence-corrected chi connectivity index (χ4v) is 6.47. The lowest BCUT2D eigenvalue weighted by atomic mass is 9.90. The molecule has 168 valence electrons. The predicted molar refractivity (Wildman–Crippen MR) is 126 cm³/mol. The summed E-state index contributed by atoms with van der Waals surface area (Å²) in [4.78, 5) is 17.7. The van der Waals surface area contributed by atoms with Gasteiger partial charge in [-0.25, -0.2) is 8.42 Å². The lowest BCUT2D eigenvalue weighted by Gasteiger charge is -2.34. The van der Waals surface area contributed by atoms with Crippen LogP contribution in [0.15, 0.2) is 54.9 Å². The van der Waals surface area contributed by atoms with Crippen molar-refractivity contribution in [1.29, 1.82) is 5.26 Å². The van der Waals surface area contributed by atoms with Gasteiger partial charge in [0.1, 0.15) is 0 Å². The highest BCUT2D eigenvalue weighted by molar-refractivity contribution is 7.89. The molecule has 1 aromatic heterocycles. The third kappa shape index (κ3) is 4.20. The molecule has 2 aliphatic rings. The van der Waals surface area contributed by atoms with Crippen molar-refractivity contribution >= 4 is 44.0 Å². The highest BCUT2D eigenvalue weighted by Crippen LogP contribution is 2.47. The number of pyridine rings is 1. The van der Waals surface area contributed by atoms with Crippen LogP contribution in [0.25, 0.3) is 10.8 Å². The Kier molecular flexibility index (Phi) is 5.36. The molecule has 1 N–H and O–H groups in total. The average molecular weight is 481 g/mol. The third-order valence-electron chi connectivity index (χ3n) is 6.40. The first-order valence-corrected chi connectivity index (χ1v) is 12.6. The van der Waals surface area contributed by atoms with E-state index in [0.29, 0.717) is 29.1 Å². The van der Waals surface area contributed by atoms with Crippen molar-refractivity contribution in [2.24, 2.45) is 5.41 Å². The number of amides is 1. The molecule has 1 amide bonds. The zero-order chi connectivity index (χ0) is 23.2. The molecular formula is C24H21ClN4O3S. The predicted octanol–water partition coefficient (Wildman–Crippen LogP) is 4.06. The van der Waals surface area contributed by atoms with Crippen LogP contribution in [0.4, 0.5) is 5.69 Å². The van der Waals surface area contributed by atoms with Gasteiger partial charge in [0.25, 0.3) is 0 Å². The summed E-state index contributed by atoms with van der Waals surface area (Å²) in [6, 6.07) is 14.9. The van der Waals surface area contributed by atoms with Crippen LogP contribution in [0.2, 0.25) is 5.02 Å². The molecular weight excluding hydrogens is 460 g/mol. The van der Waals surface area contributed by atoms with Crippen molar-refractivity contribution in [1.82, 2.24) is 9.29 Å². The van der Waals surface area contributed by atoms with Gasteiger partial charge in [-0.15, -0.1) is 0 Å². The normalized spacial score (nSPS) is 19.5. The van der Waals surface area contributed by atoms with E-state index in [2.05, 4.69) is 16.4 Å². The molecule has 0 radical (unpaired) electrons. The van der Waals surface area contributed by atoms with Gasteiger partial charge in [-0.05, 0) is 36.1 Å². The molecule has 0 saturated heterocycles. The van der Waals surface area contributed by atoms with E-state index >= 15 is 0 Å². The number of nitrogens with one attached hydrogen (secondary N) is 1. The minimum atomic E-state index is -3.73. The lowest BCUT2D eigenvalue weighted by Crippen LogP contribution is -2.44. The molecule has 0 unspecified atom stereocenters. The molecule has 3 aromatic rings. The summed E-state index contributed by atoms with van der Waals surface area (Å²) >= 11 is 6.22. The van der Waals surface area contributed by atoms with Crippen LogP contribution in [0.3, 0.4) is 0 Å². The Hall–Kier alpha value is -2.99. The maximum absolute atomic E-state index is 13.5. The van der Waals surface area contributed by atoms with Gasteiger partial charge in [0, 0.05) is 35.1 Å². The van der Waals surface area contributed by atoms with Crippen LogP contribution >= 0.6 is 11.6 Å².